The van der Waals surface area contributed by atoms with Crippen molar-refractivity contribution in [3.63, 3.8) is 0 Å². The fourth-order valence-corrected chi connectivity index (χ4v) is 1.19. The van der Waals surface area contributed by atoms with Crippen molar-refractivity contribution < 1.29 is 22.7 Å². The van der Waals surface area contributed by atoms with Gasteiger partial charge in [0.1, 0.15) is 16.4 Å². The Balaban J connectivity index is 2.56. The van der Waals surface area contributed by atoms with Crippen LogP contribution in [0.3, 0.4) is 0 Å². The summed E-state index contributed by atoms with van der Waals surface area (Å²) in [4.78, 5) is 10.8. The molecule has 0 aromatic heterocycles. The number of thiocarbonyl (C=S) groups is 1. The van der Waals surface area contributed by atoms with Crippen molar-refractivity contribution in [2.24, 2.45) is 5.73 Å². The number of nitrogens with one attached hydrogen (secondary N) is 1. The second-order valence-electron chi connectivity index (χ2n) is 3.29. The van der Waals surface area contributed by atoms with Crippen LogP contribution < -0.4 is 15.8 Å². The lowest BCUT2D eigenvalue weighted by molar-refractivity contribution is -0.0925. The average Bonchev–Trinajstić information content (AvgIpc) is 2.28. The molecule has 0 aliphatic rings. The lowest BCUT2D eigenvalue weighted by atomic mass is 10.3. The van der Waals surface area contributed by atoms with Gasteiger partial charge in [-0.1, -0.05) is 30.4 Å². The van der Waals surface area contributed by atoms with Crippen LogP contribution in [0.25, 0.3) is 0 Å². The molecular formula is C11H9F3N2O2S. The minimum absolute atomic E-state index is 0.232. The van der Waals surface area contributed by atoms with E-state index in [4.69, 9.17) is 10.5 Å². The second kappa shape index (κ2) is 6.19. The maximum atomic E-state index is 12.1. The number of hydrogen-bond acceptors (Lipinski definition) is 4. The summed E-state index contributed by atoms with van der Waals surface area (Å²) < 4.78 is 41.1. The molecule has 0 aliphatic carbocycles. The van der Waals surface area contributed by atoms with E-state index in [9.17, 15) is 18.0 Å². The van der Waals surface area contributed by atoms with Crippen molar-refractivity contribution in [1.29, 1.82) is 0 Å². The zero-order valence-electron chi connectivity index (χ0n) is 9.40. The van der Waals surface area contributed by atoms with Gasteiger partial charge in [-0.3, -0.25) is 5.32 Å². The highest BCUT2D eigenvalue weighted by Crippen LogP contribution is 2.21. The minimum Gasteiger partial charge on any atom is -0.410 e. The van der Waals surface area contributed by atoms with Gasteiger partial charge in [0.25, 0.3) is 0 Å². The predicted molar refractivity (Wildman–Crippen MR) is 66.5 cm³/mol. The molecule has 0 saturated carbocycles. The van der Waals surface area contributed by atoms with Gasteiger partial charge >= 0.3 is 12.3 Å². The third-order valence-electron chi connectivity index (χ3n) is 1.79. The van der Waals surface area contributed by atoms with Crippen LogP contribution in [0.5, 0.6) is 5.75 Å². The van der Waals surface area contributed by atoms with E-state index < -0.39 is 23.0 Å². The molecule has 0 aliphatic heterocycles. The second-order valence-corrected chi connectivity index (χ2v) is 3.73. The van der Waals surface area contributed by atoms with E-state index in [1.807, 2.05) is 5.32 Å². The van der Waals surface area contributed by atoms with Crippen LogP contribution in [0.4, 0.5) is 18.0 Å². The van der Waals surface area contributed by atoms with E-state index in [1.54, 1.807) is 18.2 Å². The predicted octanol–water partition coefficient (Wildman–Crippen LogP) is 2.51. The van der Waals surface area contributed by atoms with Gasteiger partial charge in [-0.05, 0) is 12.1 Å². The zero-order valence-corrected chi connectivity index (χ0v) is 10.2. The first kappa shape index (κ1) is 15.0. The number of amides is 1. The molecule has 0 unspecified atom stereocenters. The third-order valence-corrected chi connectivity index (χ3v) is 2.01. The van der Waals surface area contributed by atoms with Crippen LogP contribution >= 0.6 is 12.2 Å². The van der Waals surface area contributed by atoms with Crippen LogP contribution in [0.2, 0.25) is 0 Å². The Bertz CT molecular complexity index is 500. The van der Waals surface area contributed by atoms with Gasteiger partial charge in [-0.2, -0.15) is 13.2 Å². The van der Waals surface area contributed by atoms with Crippen LogP contribution in [0.1, 0.15) is 0 Å². The Morgan fingerprint density at radius 2 is 1.89 bits per heavy atom. The number of carbonyl (C=O) groups is 1. The first-order valence-electron chi connectivity index (χ1n) is 4.91. The number of para-hydroxylation sites is 1. The molecule has 1 aromatic rings. The summed E-state index contributed by atoms with van der Waals surface area (Å²) in [6.07, 6.45) is -5.26. The maximum absolute atomic E-state index is 12.1. The summed E-state index contributed by atoms with van der Waals surface area (Å²) in [5.41, 5.74) is 3.33. The van der Waals surface area contributed by atoms with E-state index >= 15 is 0 Å². The number of rotatable bonds is 2. The van der Waals surface area contributed by atoms with Crippen molar-refractivity contribution in [3.8, 4) is 5.75 Å². The first-order valence-corrected chi connectivity index (χ1v) is 5.32. The number of halogens is 3. The van der Waals surface area contributed by atoms with Crippen molar-refractivity contribution in [1.82, 2.24) is 5.32 Å². The summed E-state index contributed by atoms with van der Waals surface area (Å²) in [6, 6.07) is 7.97. The molecule has 0 saturated heterocycles. The number of ether oxygens (including phenoxy) is 1. The molecule has 0 spiro atoms. The molecule has 19 heavy (non-hydrogen) atoms. The summed E-state index contributed by atoms with van der Waals surface area (Å²) in [7, 11) is 0. The molecule has 8 heteroatoms. The molecule has 1 aromatic carbocycles. The number of allylic oxidation sites excluding steroid dienone is 1. The number of benzene rings is 1. The summed E-state index contributed by atoms with van der Waals surface area (Å²) >= 11 is 4.52. The molecule has 0 bridgehead atoms. The van der Waals surface area contributed by atoms with E-state index in [0.29, 0.717) is 6.08 Å². The molecule has 102 valence electrons. The Kier molecular flexibility index (Phi) is 4.87. The van der Waals surface area contributed by atoms with Crippen LogP contribution in [0, 0.1) is 0 Å². The topological polar surface area (TPSA) is 64.3 Å². The fraction of sp³-hybridized carbons (Fsp3) is 0.0909. The van der Waals surface area contributed by atoms with Crippen molar-refractivity contribution in [3.05, 3.63) is 42.1 Å². The van der Waals surface area contributed by atoms with E-state index in [2.05, 4.69) is 12.2 Å². The van der Waals surface area contributed by atoms with Crippen LogP contribution in [-0.4, -0.2) is 17.3 Å². The van der Waals surface area contributed by atoms with Gasteiger partial charge in [0.15, 0.2) is 0 Å². The molecule has 1 amide bonds. The average molecular weight is 290 g/mol. The Morgan fingerprint density at radius 1 is 1.32 bits per heavy atom. The highest BCUT2D eigenvalue weighted by molar-refractivity contribution is 7.80. The quantitative estimate of drug-likeness (QED) is 0.649. The fourth-order valence-electron chi connectivity index (χ4n) is 0.981. The zero-order chi connectivity index (χ0) is 14.5. The van der Waals surface area contributed by atoms with Crippen molar-refractivity contribution in [2.45, 2.75) is 6.18 Å². The summed E-state index contributed by atoms with van der Waals surface area (Å²) in [6.45, 7) is 0. The smallest absolute Gasteiger partial charge is 0.410 e. The summed E-state index contributed by atoms with van der Waals surface area (Å²) in [5.74, 6) is 0.232. The van der Waals surface area contributed by atoms with Crippen molar-refractivity contribution >= 4 is 23.3 Å². The monoisotopic (exact) mass is 290 g/mol. The van der Waals surface area contributed by atoms with Gasteiger partial charge in [0.05, 0.1) is 0 Å². The molecule has 0 radical (unpaired) electrons. The molecule has 1 rings (SSSR count). The largest absolute Gasteiger partial charge is 0.430 e. The van der Waals surface area contributed by atoms with Crippen LogP contribution in [0.15, 0.2) is 42.1 Å². The highest BCUT2D eigenvalue weighted by atomic mass is 32.1. The Hall–Kier alpha value is -2.09. The van der Waals surface area contributed by atoms with E-state index in [-0.39, 0.29) is 5.75 Å². The van der Waals surface area contributed by atoms with Gasteiger partial charge in [0, 0.05) is 6.08 Å². The van der Waals surface area contributed by atoms with E-state index in [0.717, 1.165) is 0 Å². The molecule has 4 nitrogen and oxygen atoms in total. The molecular weight excluding hydrogens is 281 g/mol. The number of carbonyl (C=O) groups excluding carboxylic acids is 1. The first-order chi connectivity index (χ1) is 8.79. The van der Waals surface area contributed by atoms with E-state index in [1.165, 1.54) is 12.1 Å². The Morgan fingerprint density at radius 3 is 2.42 bits per heavy atom. The van der Waals surface area contributed by atoms with Gasteiger partial charge < -0.3 is 10.5 Å². The lowest BCUT2D eigenvalue weighted by Crippen LogP contribution is -2.32. The molecule has 0 atom stereocenters. The third kappa shape index (κ3) is 5.38. The molecule has 0 heterocycles. The van der Waals surface area contributed by atoms with Crippen molar-refractivity contribution in [2.75, 3.05) is 0 Å². The number of nitrogens with two attached hydrogens (primary N) is 1. The van der Waals surface area contributed by atoms with Crippen LogP contribution in [-0.2, 0) is 0 Å². The van der Waals surface area contributed by atoms with Gasteiger partial charge in [-0.15, -0.1) is 0 Å². The minimum atomic E-state index is -4.70. The number of hydrogen-bond donors (Lipinski definition) is 2. The molecule has 3 N–H and O–H groups in total. The SMILES string of the molecule is N/C(=C\C(=S)NC(=O)Oc1ccccc1)C(F)(F)F. The molecule has 0 fully saturated rings. The highest BCUT2D eigenvalue weighted by Gasteiger charge is 2.31. The normalized spacial score (nSPS) is 11.8. The summed E-state index contributed by atoms with van der Waals surface area (Å²) in [5, 5.41) is 1.95. The van der Waals surface area contributed by atoms with Gasteiger partial charge in [-0.25, -0.2) is 4.79 Å². The Labute approximate surface area is 112 Å². The van der Waals surface area contributed by atoms with Gasteiger partial charge in [0.2, 0.25) is 0 Å². The standard InChI is InChI=1S/C11H9F3N2O2S/c12-11(13,14)8(15)6-9(19)16-10(17)18-7-4-2-1-3-5-7/h1-6H,15H2,(H,16,17,19)/b8-6-. The number of alkyl halides is 3. The lowest BCUT2D eigenvalue weighted by Gasteiger charge is -2.08. The maximum Gasteiger partial charge on any atom is 0.430 e.